The Morgan fingerprint density at radius 3 is 2.62 bits per heavy atom. The van der Waals surface area contributed by atoms with E-state index in [1.807, 2.05) is 39.8 Å². The van der Waals surface area contributed by atoms with Crippen LogP contribution in [0.1, 0.15) is 34.8 Å². The molecule has 200 valence electrons. The molecule has 39 heavy (non-hydrogen) atoms. The van der Waals surface area contributed by atoms with Crippen LogP contribution in [0.2, 0.25) is 0 Å². The van der Waals surface area contributed by atoms with Gasteiger partial charge in [-0.2, -0.15) is 0 Å². The fraction of sp³-hybridized carbons (Fsp3) is 0.296. The Hall–Kier alpha value is -3.74. The average Bonchev–Trinajstić information content (AvgIpc) is 3.72. The van der Waals surface area contributed by atoms with E-state index < -0.39 is 17.2 Å². The van der Waals surface area contributed by atoms with Crippen molar-refractivity contribution in [2.24, 2.45) is 4.99 Å². The van der Waals surface area contributed by atoms with E-state index in [0.29, 0.717) is 53.1 Å². The van der Waals surface area contributed by atoms with Gasteiger partial charge in [0.15, 0.2) is 3.95 Å². The summed E-state index contributed by atoms with van der Waals surface area (Å²) in [6.45, 7) is 3.03. The van der Waals surface area contributed by atoms with Crippen molar-refractivity contribution in [3.05, 3.63) is 79.8 Å². The average molecular weight is 565 g/mol. The molecular weight excluding hydrogens is 539 g/mol. The van der Waals surface area contributed by atoms with Crippen molar-refractivity contribution in [3.8, 4) is 0 Å². The first kappa shape index (κ1) is 25.5. The van der Waals surface area contributed by atoms with Gasteiger partial charge in [0.2, 0.25) is 10.6 Å². The highest BCUT2D eigenvalue weighted by Gasteiger charge is 2.28. The van der Waals surface area contributed by atoms with E-state index in [1.165, 1.54) is 23.6 Å². The summed E-state index contributed by atoms with van der Waals surface area (Å²) in [7, 11) is 0. The fourth-order valence-electron chi connectivity index (χ4n) is 4.83. The van der Waals surface area contributed by atoms with E-state index >= 15 is 4.39 Å². The Morgan fingerprint density at radius 2 is 1.92 bits per heavy atom. The standard InChI is InChI=1S/C27H25FN6O3S2/c28-21-12-19-22(33(18-6-7-18)15-20(24(19)35)25(36)37)13-23(21)32-10-8-31(9-11-32)16-34-27(38)39-26(30-34)29-14-17-4-2-1-3-5-17/h1-5,12-15,18H,6-11,16H2,(H,36,37). The number of piperazine rings is 1. The van der Waals surface area contributed by atoms with Gasteiger partial charge in [0.25, 0.3) is 0 Å². The van der Waals surface area contributed by atoms with Gasteiger partial charge in [-0.25, -0.2) is 18.9 Å². The Bertz CT molecular complexity index is 1700. The molecule has 0 amide bonds. The third-order valence-corrected chi connectivity index (χ3v) is 8.25. The van der Waals surface area contributed by atoms with Gasteiger partial charge in [-0.15, -0.1) is 5.10 Å². The Kier molecular flexibility index (Phi) is 6.83. The molecule has 0 bridgehead atoms. The number of rotatable bonds is 7. The molecule has 0 atom stereocenters. The third-order valence-electron chi connectivity index (χ3n) is 7.04. The second-order valence-electron chi connectivity index (χ2n) is 9.70. The monoisotopic (exact) mass is 564 g/mol. The lowest BCUT2D eigenvalue weighted by Gasteiger charge is -2.36. The van der Waals surface area contributed by atoms with Crippen LogP contribution in [0.3, 0.4) is 0 Å². The predicted octanol–water partition coefficient (Wildman–Crippen LogP) is 4.69. The molecule has 6 rings (SSSR count). The highest BCUT2D eigenvalue weighted by atomic mass is 32.1. The molecule has 2 fully saturated rings. The number of fused-ring (bicyclic) bond motifs is 1. The molecule has 1 N–H and O–H groups in total. The first-order chi connectivity index (χ1) is 18.9. The van der Waals surface area contributed by atoms with Crippen LogP contribution in [-0.2, 0) is 6.67 Å². The number of carbonyl (C=O) groups is 1. The van der Waals surface area contributed by atoms with Gasteiger partial charge in [0.05, 0.1) is 17.9 Å². The summed E-state index contributed by atoms with van der Waals surface area (Å²) in [4.78, 5) is 33.0. The summed E-state index contributed by atoms with van der Waals surface area (Å²) in [6.07, 6.45) is 4.97. The lowest BCUT2D eigenvalue weighted by molar-refractivity contribution is 0.0695. The van der Waals surface area contributed by atoms with Gasteiger partial charge in [0, 0.05) is 50.0 Å². The van der Waals surface area contributed by atoms with E-state index in [0.717, 1.165) is 18.4 Å². The minimum Gasteiger partial charge on any atom is -0.477 e. The summed E-state index contributed by atoms with van der Waals surface area (Å²) in [5.41, 5.74) is 0.992. The topological polar surface area (TPSA) is 96.0 Å². The molecular formula is C27H25FN6O3S2. The number of carboxylic acids is 1. The van der Waals surface area contributed by atoms with Crippen molar-refractivity contribution in [2.75, 3.05) is 31.1 Å². The molecule has 3 heterocycles. The number of hydrogen-bond acceptors (Lipinski definition) is 8. The van der Waals surface area contributed by atoms with Crippen LogP contribution in [0, 0.1) is 9.77 Å². The lowest BCUT2D eigenvalue weighted by Crippen LogP contribution is -2.47. The van der Waals surface area contributed by atoms with Crippen LogP contribution in [0.15, 0.2) is 58.4 Å². The lowest BCUT2D eigenvalue weighted by atomic mass is 10.1. The zero-order valence-electron chi connectivity index (χ0n) is 20.9. The van der Waals surface area contributed by atoms with Gasteiger partial charge in [-0.3, -0.25) is 9.69 Å². The second-order valence-corrected chi connectivity index (χ2v) is 11.3. The maximum Gasteiger partial charge on any atom is 0.341 e. The molecule has 9 nitrogen and oxygen atoms in total. The molecule has 1 saturated heterocycles. The van der Waals surface area contributed by atoms with Gasteiger partial charge < -0.3 is 14.6 Å². The maximum absolute atomic E-state index is 15.3. The molecule has 2 aliphatic rings. The van der Waals surface area contributed by atoms with E-state index in [1.54, 1.807) is 17.0 Å². The first-order valence-corrected chi connectivity index (χ1v) is 13.9. The zero-order valence-corrected chi connectivity index (χ0v) is 22.5. The van der Waals surface area contributed by atoms with E-state index in [9.17, 15) is 14.7 Å². The summed E-state index contributed by atoms with van der Waals surface area (Å²) in [5, 5.41) is 14.7. The van der Waals surface area contributed by atoms with Gasteiger partial charge >= 0.3 is 5.97 Å². The van der Waals surface area contributed by atoms with Gasteiger partial charge in [-0.1, -0.05) is 41.7 Å². The highest BCUT2D eigenvalue weighted by molar-refractivity contribution is 7.73. The molecule has 1 saturated carbocycles. The normalized spacial score (nSPS) is 16.4. The third kappa shape index (κ3) is 5.27. The molecule has 4 aromatic rings. The number of benzene rings is 2. The first-order valence-electron chi connectivity index (χ1n) is 12.6. The smallest absolute Gasteiger partial charge is 0.341 e. The van der Waals surface area contributed by atoms with Crippen molar-refractivity contribution < 1.29 is 14.3 Å². The quantitative estimate of drug-likeness (QED) is 0.257. The summed E-state index contributed by atoms with van der Waals surface area (Å²) in [6, 6.07) is 12.8. The highest BCUT2D eigenvalue weighted by Crippen LogP contribution is 2.38. The Balaban J connectivity index is 1.17. The number of aromatic carboxylic acids is 1. The number of aliphatic imine (C=N–C) groups is 1. The minimum atomic E-state index is -1.30. The number of anilines is 1. The van der Waals surface area contributed by atoms with Crippen molar-refractivity contribution in [1.29, 1.82) is 0 Å². The SMILES string of the molecule is O=C(O)c1cn(C2CC2)c2cc(N3CCN(Cn4nc(N=Cc5ccccc5)sc4=S)CC3)c(F)cc2c1=O. The molecule has 0 unspecified atom stereocenters. The van der Waals surface area contributed by atoms with Crippen LogP contribution in [-0.4, -0.2) is 62.7 Å². The van der Waals surface area contributed by atoms with Crippen LogP contribution in [0.25, 0.3) is 10.9 Å². The van der Waals surface area contributed by atoms with E-state index in [2.05, 4.69) is 15.0 Å². The molecule has 0 radical (unpaired) electrons. The van der Waals surface area contributed by atoms with Crippen LogP contribution in [0.4, 0.5) is 15.2 Å². The summed E-state index contributed by atoms with van der Waals surface area (Å²) >= 11 is 6.85. The van der Waals surface area contributed by atoms with E-state index in [4.69, 9.17) is 12.2 Å². The van der Waals surface area contributed by atoms with Crippen LogP contribution >= 0.6 is 23.6 Å². The van der Waals surface area contributed by atoms with Crippen LogP contribution < -0.4 is 10.3 Å². The van der Waals surface area contributed by atoms with Crippen LogP contribution in [0.5, 0.6) is 0 Å². The number of nitrogens with zero attached hydrogens (tertiary/aromatic N) is 6. The Morgan fingerprint density at radius 1 is 1.18 bits per heavy atom. The fourth-order valence-corrected chi connectivity index (χ4v) is 5.76. The maximum atomic E-state index is 15.3. The molecule has 12 heteroatoms. The van der Waals surface area contributed by atoms with Gasteiger partial charge in [-0.05, 0) is 42.8 Å². The number of hydrogen-bond donors (Lipinski definition) is 1. The van der Waals surface area contributed by atoms with Crippen molar-refractivity contribution >= 4 is 57.5 Å². The second kappa shape index (κ2) is 10.4. The predicted molar refractivity (Wildman–Crippen MR) is 152 cm³/mol. The number of carboxylic acid groups (broad SMARTS) is 1. The molecule has 2 aromatic heterocycles. The molecule has 1 aliphatic carbocycles. The zero-order chi connectivity index (χ0) is 27.1. The number of aromatic nitrogens is 3. The number of pyridine rings is 1. The molecule has 0 spiro atoms. The van der Waals surface area contributed by atoms with Crippen molar-refractivity contribution in [1.82, 2.24) is 19.2 Å². The van der Waals surface area contributed by atoms with Gasteiger partial charge in [0.1, 0.15) is 11.4 Å². The van der Waals surface area contributed by atoms with E-state index in [-0.39, 0.29) is 17.0 Å². The number of halogens is 1. The molecule has 2 aromatic carbocycles. The largest absolute Gasteiger partial charge is 0.477 e. The van der Waals surface area contributed by atoms with Crippen molar-refractivity contribution in [3.63, 3.8) is 0 Å². The summed E-state index contributed by atoms with van der Waals surface area (Å²) < 4.78 is 19.5. The Labute approximate surface area is 232 Å². The molecule has 1 aliphatic heterocycles. The van der Waals surface area contributed by atoms with Crippen molar-refractivity contribution in [2.45, 2.75) is 25.6 Å². The summed E-state index contributed by atoms with van der Waals surface area (Å²) in [5.74, 6) is -1.83. The minimum absolute atomic E-state index is 0.102.